The first-order chi connectivity index (χ1) is 8.07. The average molecular weight is 244 g/mol. The van der Waals surface area contributed by atoms with Crippen LogP contribution in [-0.4, -0.2) is 30.3 Å². The first kappa shape index (κ1) is 16.4. The Kier molecular flexibility index (Phi) is 10.2. The highest BCUT2D eigenvalue weighted by molar-refractivity contribution is 5.75. The van der Waals surface area contributed by atoms with Crippen molar-refractivity contribution in [2.24, 2.45) is 5.92 Å². The minimum Gasteiger partial charge on any atom is -0.378 e. The molecule has 102 valence electrons. The number of carbonyl (C=O) groups is 1. The van der Waals surface area contributed by atoms with E-state index in [0.29, 0.717) is 6.42 Å². The fraction of sp³-hybridized carbons (Fsp3) is 0.923. The Hall–Kier alpha value is -0.610. The van der Waals surface area contributed by atoms with Crippen LogP contribution in [0.1, 0.15) is 52.9 Å². The molecule has 0 aromatic heterocycles. The molecule has 0 fully saturated rings. The molecule has 0 spiro atoms. The van der Waals surface area contributed by atoms with E-state index in [1.165, 1.54) is 0 Å². The Bertz CT molecular complexity index is 196. The fourth-order valence-electron chi connectivity index (χ4n) is 1.44. The standard InChI is InChI=1S/C13H28N2O2/c1-4-12(16)14-9-7-5-6-8-10-15-13(17)11(2)3/h11,13,15,17H,4-10H2,1-3H3,(H,14,16). The fourth-order valence-corrected chi connectivity index (χ4v) is 1.44. The van der Waals surface area contributed by atoms with Crippen molar-refractivity contribution in [2.45, 2.75) is 59.1 Å². The third kappa shape index (κ3) is 10.3. The summed E-state index contributed by atoms with van der Waals surface area (Å²) in [6, 6.07) is 0. The number of hydrogen-bond acceptors (Lipinski definition) is 3. The zero-order valence-corrected chi connectivity index (χ0v) is 11.5. The zero-order valence-electron chi connectivity index (χ0n) is 11.5. The Morgan fingerprint density at radius 2 is 1.71 bits per heavy atom. The normalized spacial score (nSPS) is 12.8. The van der Waals surface area contributed by atoms with Gasteiger partial charge in [0.2, 0.25) is 5.91 Å². The highest BCUT2D eigenvalue weighted by Crippen LogP contribution is 2.00. The molecule has 0 heterocycles. The van der Waals surface area contributed by atoms with E-state index < -0.39 is 0 Å². The number of nitrogens with one attached hydrogen (secondary N) is 2. The van der Waals surface area contributed by atoms with Crippen LogP contribution in [0.25, 0.3) is 0 Å². The summed E-state index contributed by atoms with van der Waals surface area (Å²) >= 11 is 0. The molecule has 0 radical (unpaired) electrons. The molecule has 1 amide bonds. The molecule has 0 saturated carbocycles. The smallest absolute Gasteiger partial charge is 0.219 e. The number of amides is 1. The summed E-state index contributed by atoms with van der Waals surface area (Å²) in [7, 11) is 0. The lowest BCUT2D eigenvalue weighted by molar-refractivity contribution is -0.120. The summed E-state index contributed by atoms with van der Waals surface area (Å²) in [6.07, 6.45) is 4.56. The van der Waals surface area contributed by atoms with E-state index in [1.54, 1.807) is 0 Å². The number of aliphatic hydroxyl groups is 1. The van der Waals surface area contributed by atoms with Crippen molar-refractivity contribution in [3.63, 3.8) is 0 Å². The minimum atomic E-state index is -0.390. The Balaban J connectivity index is 3.16. The monoisotopic (exact) mass is 244 g/mol. The minimum absolute atomic E-state index is 0.131. The van der Waals surface area contributed by atoms with Crippen molar-refractivity contribution in [1.82, 2.24) is 10.6 Å². The zero-order chi connectivity index (χ0) is 13.1. The van der Waals surface area contributed by atoms with E-state index in [1.807, 2.05) is 20.8 Å². The number of unbranched alkanes of at least 4 members (excludes halogenated alkanes) is 3. The number of carbonyl (C=O) groups excluding carboxylic acids is 1. The van der Waals surface area contributed by atoms with Crippen LogP contribution >= 0.6 is 0 Å². The molecule has 0 bridgehead atoms. The van der Waals surface area contributed by atoms with Gasteiger partial charge < -0.3 is 10.4 Å². The van der Waals surface area contributed by atoms with Gasteiger partial charge in [0.15, 0.2) is 0 Å². The van der Waals surface area contributed by atoms with Gasteiger partial charge in [0.25, 0.3) is 0 Å². The van der Waals surface area contributed by atoms with Crippen LogP contribution in [0, 0.1) is 5.92 Å². The van der Waals surface area contributed by atoms with Gasteiger partial charge in [-0.3, -0.25) is 10.1 Å². The van der Waals surface area contributed by atoms with Gasteiger partial charge in [0.05, 0.1) is 0 Å². The maximum Gasteiger partial charge on any atom is 0.219 e. The molecule has 4 nitrogen and oxygen atoms in total. The quantitative estimate of drug-likeness (QED) is 0.404. The van der Waals surface area contributed by atoms with Crippen LogP contribution < -0.4 is 10.6 Å². The molecule has 0 aliphatic heterocycles. The average Bonchev–Trinajstić information content (AvgIpc) is 2.31. The summed E-state index contributed by atoms with van der Waals surface area (Å²) in [4.78, 5) is 10.9. The number of hydrogen-bond donors (Lipinski definition) is 3. The summed E-state index contributed by atoms with van der Waals surface area (Å²) in [5.41, 5.74) is 0. The molecule has 1 atom stereocenters. The van der Waals surface area contributed by atoms with Crippen LogP contribution in [-0.2, 0) is 4.79 Å². The Morgan fingerprint density at radius 3 is 2.24 bits per heavy atom. The molecule has 1 unspecified atom stereocenters. The van der Waals surface area contributed by atoms with Gasteiger partial charge in [0.1, 0.15) is 6.23 Å². The van der Waals surface area contributed by atoms with Crippen molar-refractivity contribution in [3.05, 3.63) is 0 Å². The molecule has 4 heteroatoms. The molecule has 0 aliphatic rings. The third-order valence-corrected chi connectivity index (χ3v) is 2.73. The predicted octanol–water partition coefficient (Wildman–Crippen LogP) is 1.64. The van der Waals surface area contributed by atoms with Crippen LogP contribution in [0.2, 0.25) is 0 Å². The molecule has 0 aliphatic carbocycles. The Labute approximate surface area is 105 Å². The summed E-state index contributed by atoms with van der Waals surface area (Å²) in [5, 5.41) is 15.4. The lowest BCUT2D eigenvalue weighted by atomic mass is 10.1. The highest BCUT2D eigenvalue weighted by Gasteiger charge is 2.06. The van der Waals surface area contributed by atoms with Crippen molar-refractivity contribution >= 4 is 5.91 Å². The number of rotatable bonds is 10. The van der Waals surface area contributed by atoms with E-state index in [0.717, 1.165) is 38.8 Å². The maximum absolute atomic E-state index is 10.9. The van der Waals surface area contributed by atoms with E-state index >= 15 is 0 Å². The molecule has 17 heavy (non-hydrogen) atoms. The molecule has 0 saturated heterocycles. The molecule has 3 N–H and O–H groups in total. The molecular formula is C13H28N2O2. The lowest BCUT2D eigenvalue weighted by Crippen LogP contribution is -2.34. The maximum atomic E-state index is 10.9. The summed E-state index contributed by atoms with van der Waals surface area (Å²) < 4.78 is 0. The highest BCUT2D eigenvalue weighted by atomic mass is 16.3. The van der Waals surface area contributed by atoms with Gasteiger partial charge in [0, 0.05) is 13.0 Å². The van der Waals surface area contributed by atoms with Crippen molar-refractivity contribution in [2.75, 3.05) is 13.1 Å². The molecule has 0 rings (SSSR count). The van der Waals surface area contributed by atoms with Gasteiger partial charge in [-0.25, -0.2) is 0 Å². The largest absolute Gasteiger partial charge is 0.378 e. The van der Waals surface area contributed by atoms with Crippen LogP contribution in [0.3, 0.4) is 0 Å². The van der Waals surface area contributed by atoms with Crippen molar-refractivity contribution < 1.29 is 9.90 Å². The van der Waals surface area contributed by atoms with Gasteiger partial charge in [-0.2, -0.15) is 0 Å². The van der Waals surface area contributed by atoms with Crippen molar-refractivity contribution in [1.29, 1.82) is 0 Å². The molecule has 0 aromatic rings. The van der Waals surface area contributed by atoms with Crippen LogP contribution in [0.15, 0.2) is 0 Å². The second-order valence-corrected chi connectivity index (χ2v) is 4.76. The first-order valence-electron chi connectivity index (χ1n) is 6.76. The molecular weight excluding hydrogens is 216 g/mol. The van der Waals surface area contributed by atoms with Gasteiger partial charge in [-0.15, -0.1) is 0 Å². The van der Waals surface area contributed by atoms with Gasteiger partial charge in [-0.05, 0) is 25.3 Å². The van der Waals surface area contributed by atoms with E-state index in [2.05, 4.69) is 10.6 Å². The number of aliphatic hydroxyl groups excluding tert-OH is 1. The van der Waals surface area contributed by atoms with Gasteiger partial charge >= 0.3 is 0 Å². The molecule has 0 aromatic carbocycles. The SMILES string of the molecule is CCC(=O)NCCCCCCNC(O)C(C)C. The first-order valence-corrected chi connectivity index (χ1v) is 6.76. The van der Waals surface area contributed by atoms with E-state index in [9.17, 15) is 9.90 Å². The summed E-state index contributed by atoms with van der Waals surface area (Å²) in [5.74, 6) is 0.394. The topological polar surface area (TPSA) is 61.4 Å². The summed E-state index contributed by atoms with van der Waals surface area (Å²) in [6.45, 7) is 7.50. The second kappa shape index (κ2) is 10.5. The lowest BCUT2D eigenvalue weighted by Gasteiger charge is -2.15. The van der Waals surface area contributed by atoms with Crippen LogP contribution in [0.4, 0.5) is 0 Å². The predicted molar refractivity (Wildman–Crippen MR) is 70.6 cm³/mol. The van der Waals surface area contributed by atoms with Gasteiger partial charge in [-0.1, -0.05) is 33.6 Å². The van der Waals surface area contributed by atoms with E-state index in [-0.39, 0.29) is 18.1 Å². The second-order valence-electron chi connectivity index (χ2n) is 4.76. The van der Waals surface area contributed by atoms with E-state index in [4.69, 9.17) is 0 Å². The van der Waals surface area contributed by atoms with Crippen LogP contribution in [0.5, 0.6) is 0 Å². The third-order valence-electron chi connectivity index (χ3n) is 2.73. The van der Waals surface area contributed by atoms with Crippen molar-refractivity contribution in [3.8, 4) is 0 Å². The Morgan fingerprint density at radius 1 is 1.12 bits per heavy atom.